The molecular formula is C12H17FO3S. The lowest BCUT2D eigenvalue weighted by Crippen LogP contribution is -2.15. The van der Waals surface area contributed by atoms with Gasteiger partial charge in [0.1, 0.15) is 15.7 Å². The van der Waals surface area contributed by atoms with E-state index in [2.05, 4.69) is 0 Å². The monoisotopic (exact) mass is 260 g/mol. The lowest BCUT2D eigenvalue weighted by Gasteiger charge is -2.13. The summed E-state index contributed by atoms with van der Waals surface area (Å²) < 4.78 is 34.7. The summed E-state index contributed by atoms with van der Waals surface area (Å²) in [6, 6.07) is 6.03. The smallest absolute Gasteiger partial charge is 0.147 e. The standard InChI is InChI=1S/C12H17FO3S/c1-17(15,16)7-6-11(9-14)8-10-2-4-12(13)5-3-10/h2-5,11,14H,6-9H2,1H3. The molecule has 1 aromatic rings. The van der Waals surface area contributed by atoms with E-state index in [0.717, 1.165) is 5.56 Å². The molecule has 0 aliphatic heterocycles. The third kappa shape index (κ3) is 5.79. The summed E-state index contributed by atoms with van der Waals surface area (Å²) in [5.74, 6) is -0.333. The molecule has 0 saturated heterocycles. The van der Waals surface area contributed by atoms with Crippen molar-refractivity contribution in [1.82, 2.24) is 0 Å². The van der Waals surface area contributed by atoms with Crippen molar-refractivity contribution >= 4 is 9.84 Å². The third-order valence-corrected chi connectivity index (χ3v) is 3.57. The normalized spacial score (nSPS) is 13.6. The zero-order valence-corrected chi connectivity index (χ0v) is 10.6. The lowest BCUT2D eigenvalue weighted by atomic mass is 9.98. The molecule has 0 aliphatic carbocycles. The maximum atomic E-state index is 12.7. The molecule has 0 fully saturated rings. The average molecular weight is 260 g/mol. The predicted molar refractivity (Wildman–Crippen MR) is 65.0 cm³/mol. The number of halogens is 1. The Morgan fingerprint density at radius 2 is 1.88 bits per heavy atom. The van der Waals surface area contributed by atoms with E-state index in [4.69, 9.17) is 5.11 Å². The minimum atomic E-state index is -3.00. The van der Waals surface area contributed by atoms with E-state index in [9.17, 15) is 12.8 Å². The van der Waals surface area contributed by atoms with Crippen LogP contribution in [0.5, 0.6) is 0 Å². The molecule has 3 nitrogen and oxygen atoms in total. The van der Waals surface area contributed by atoms with Crippen LogP contribution in [-0.2, 0) is 16.3 Å². The zero-order chi connectivity index (χ0) is 12.9. The molecule has 1 unspecified atom stereocenters. The van der Waals surface area contributed by atoms with Crippen LogP contribution in [0.1, 0.15) is 12.0 Å². The first-order valence-corrected chi connectivity index (χ1v) is 7.50. The van der Waals surface area contributed by atoms with Gasteiger partial charge in [-0.05, 0) is 36.5 Å². The van der Waals surface area contributed by atoms with Gasteiger partial charge in [-0.15, -0.1) is 0 Å². The van der Waals surface area contributed by atoms with Gasteiger partial charge < -0.3 is 5.11 Å². The van der Waals surface area contributed by atoms with Crippen molar-refractivity contribution in [2.75, 3.05) is 18.6 Å². The van der Waals surface area contributed by atoms with E-state index < -0.39 is 9.84 Å². The number of aliphatic hydroxyl groups is 1. The number of benzene rings is 1. The summed E-state index contributed by atoms with van der Waals surface area (Å²) in [5.41, 5.74) is 0.902. The van der Waals surface area contributed by atoms with E-state index in [1.54, 1.807) is 12.1 Å². The Bertz CT molecular complexity index is 439. The molecule has 1 rings (SSSR count). The highest BCUT2D eigenvalue weighted by Gasteiger charge is 2.12. The Morgan fingerprint density at radius 1 is 1.29 bits per heavy atom. The minimum Gasteiger partial charge on any atom is -0.396 e. The average Bonchev–Trinajstić information content (AvgIpc) is 2.25. The molecular weight excluding hydrogens is 243 g/mol. The Labute approximate surface area is 101 Å². The Hall–Kier alpha value is -0.940. The van der Waals surface area contributed by atoms with Crippen molar-refractivity contribution in [3.05, 3.63) is 35.6 Å². The molecule has 1 atom stereocenters. The second-order valence-corrected chi connectivity index (χ2v) is 6.56. The van der Waals surface area contributed by atoms with Crippen LogP contribution < -0.4 is 0 Å². The molecule has 96 valence electrons. The summed E-state index contributed by atoms with van der Waals surface area (Å²) in [6.07, 6.45) is 2.17. The first-order chi connectivity index (χ1) is 7.90. The number of rotatable bonds is 6. The van der Waals surface area contributed by atoms with Crippen LogP contribution in [0.3, 0.4) is 0 Å². The predicted octanol–water partition coefficient (Wildman–Crippen LogP) is 1.41. The second-order valence-electron chi connectivity index (χ2n) is 4.30. The Morgan fingerprint density at radius 3 is 2.35 bits per heavy atom. The topological polar surface area (TPSA) is 54.4 Å². The molecule has 0 aromatic heterocycles. The van der Waals surface area contributed by atoms with Crippen LogP contribution in [0.2, 0.25) is 0 Å². The summed E-state index contributed by atoms with van der Waals surface area (Å²) in [7, 11) is -3.00. The zero-order valence-electron chi connectivity index (χ0n) is 9.77. The molecule has 17 heavy (non-hydrogen) atoms. The summed E-state index contributed by atoms with van der Waals surface area (Å²) in [6.45, 7) is -0.0626. The van der Waals surface area contributed by atoms with Gasteiger partial charge in [-0.3, -0.25) is 0 Å². The van der Waals surface area contributed by atoms with Gasteiger partial charge in [-0.25, -0.2) is 12.8 Å². The molecule has 0 saturated carbocycles. The van der Waals surface area contributed by atoms with Crippen molar-refractivity contribution in [2.24, 2.45) is 5.92 Å². The van der Waals surface area contributed by atoms with Gasteiger partial charge in [-0.1, -0.05) is 12.1 Å². The summed E-state index contributed by atoms with van der Waals surface area (Å²) in [5, 5.41) is 9.17. The van der Waals surface area contributed by atoms with E-state index in [1.165, 1.54) is 18.4 Å². The van der Waals surface area contributed by atoms with Gasteiger partial charge in [0.05, 0.1) is 5.75 Å². The largest absolute Gasteiger partial charge is 0.396 e. The van der Waals surface area contributed by atoms with Crippen molar-refractivity contribution < 1.29 is 17.9 Å². The highest BCUT2D eigenvalue weighted by atomic mass is 32.2. The van der Waals surface area contributed by atoms with Crippen LogP contribution in [-0.4, -0.2) is 32.1 Å². The number of hydrogen-bond acceptors (Lipinski definition) is 3. The van der Waals surface area contributed by atoms with Crippen molar-refractivity contribution in [3.63, 3.8) is 0 Å². The van der Waals surface area contributed by atoms with Crippen LogP contribution in [0.15, 0.2) is 24.3 Å². The molecule has 1 N–H and O–H groups in total. The maximum Gasteiger partial charge on any atom is 0.147 e. The van der Waals surface area contributed by atoms with E-state index >= 15 is 0 Å². The Balaban J connectivity index is 2.55. The van der Waals surface area contributed by atoms with Crippen molar-refractivity contribution in [1.29, 1.82) is 0 Å². The summed E-state index contributed by atoms with van der Waals surface area (Å²) in [4.78, 5) is 0. The van der Waals surface area contributed by atoms with Crippen LogP contribution >= 0.6 is 0 Å². The molecule has 0 heterocycles. The number of hydrogen-bond donors (Lipinski definition) is 1. The fourth-order valence-electron chi connectivity index (χ4n) is 1.59. The highest BCUT2D eigenvalue weighted by Crippen LogP contribution is 2.13. The van der Waals surface area contributed by atoms with Crippen LogP contribution in [0, 0.1) is 11.7 Å². The number of aliphatic hydroxyl groups excluding tert-OH is 1. The van der Waals surface area contributed by atoms with Crippen LogP contribution in [0.4, 0.5) is 4.39 Å². The van der Waals surface area contributed by atoms with Gasteiger partial charge in [0.25, 0.3) is 0 Å². The molecule has 0 aliphatic rings. The van der Waals surface area contributed by atoms with Gasteiger partial charge in [-0.2, -0.15) is 0 Å². The quantitative estimate of drug-likeness (QED) is 0.841. The van der Waals surface area contributed by atoms with Gasteiger partial charge in [0.2, 0.25) is 0 Å². The van der Waals surface area contributed by atoms with Crippen molar-refractivity contribution in [3.8, 4) is 0 Å². The first-order valence-electron chi connectivity index (χ1n) is 5.44. The van der Waals surface area contributed by atoms with E-state index in [0.29, 0.717) is 12.8 Å². The van der Waals surface area contributed by atoms with Crippen molar-refractivity contribution in [2.45, 2.75) is 12.8 Å². The van der Waals surface area contributed by atoms with E-state index in [-0.39, 0.29) is 24.1 Å². The van der Waals surface area contributed by atoms with Gasteiger partial charge >= 0.3 is 0 Å². The third-order valence-electron chi connectivity index (χ3n) is 2.59. The summed E-state index contributed by atoms with van der Waals surface area (Å²) >= 11 is 0. The maximum absolute atomic E-state index is 12.7. The minimum absolute atomic E-state index is 0.0626. The molecule has 0 bridgehead atoms. The highest BCUT2D eigenvalue weighted by molar-refractivity contribution is 7.90. The molecule has 0 amide bonds. The first kappa shape index (κ1) is 14.1. The number of sulfone groups is 1. The van der Waals surface area contributed by atoms with Gasteiger partial charge in [0.15, 0.2) is 0 Å². The van der Waals surface area contributed by atoms with Gasteiger partial charge in [0, 0.05) is 12.9 Å². The second kappa shape index (κ2) is 6.12. The fraction of sp³-hybridized carbons (Fsp3) is 0.500. The van der Waals surface area contributed by atoms with Crippen LogP contribution in [0.25, 0.3) is 0 Å². The molecule has 0 spiro atoms. The fourth-order valence-corrected chi connectivity index (χ4v) is 2.35. The lowest BCUT2D eigenvalue weighted by molar-refractivity contribution is 0.222. The molecule has 5 heteroatoms. The Kier molecular flexibility index (Phi) is 5.08. The molecule has 1 aromatic carbocycles. The SMILES string of the molecule is CS(=O)(=O)CCC(CO)Cc1ccc(F)cc1. The van der Waals surface area contributed by atoms with E-state index in [1.807, 2.05) is 0 Å². The molecule has 0 radical (unpaired) electrons.